The lowest BCUT2D eigenvalue weighted by Crippen LogP contribution is -2.54. The summed E-state index contributed by atoms with van der Waals surface area (Å²) in [6.45, 7) is 7.39. The van der Waals surface area contributed by atoms with E-state index in [-0.39, 0.29) is 29.7 Å². The van der Waals surface area contributed by atoms with Gasteiger partial charge in [-0.05, 0) is 52.3 Å². The van der Waals surface area contributed by atoms with E-state index in [1.807, 2.05) is 30.3 Å². The minimum absolute atomic E-state index is 0.0161. The molecule has 0 radical (unpaired) electrons. The van der Waals surface area contributed by atoms with Gasteiger partial charge in [-0.1, -0.05) is 25.1 Å². The number of amides is 1. The number of rotatable bonds is 7. The fraction of sp³-hybridized carbons (Fsp3) is 0.400. The van der Waals surface area contributed by atoms with Gasteiger partial charge in [0.05, 0.1) is 35.6 Å². The molecule has 0 bridgehead atoms. The highest BCUT2D eigenvalue weighted by molar-refractivity contribution is 5.89. The molecule has 12 nitrogen and oxygen atoms in total. The van der Waals surface area contributed by atoms with Gasteiger partial charge in [-0.3, -0.25) is 25.0 Å². The van der Waals surface area contributed by atoms with Crippen molar-refractivity contribution in [3.05, 3.63) is 63.4 Å². The van der Waals surface area contributed by atoms with E-state index in [0.29, 0.717) is 17.9 Å². The van der Waals surface area contributed by atoms with Crippen LogP contribution in [-0.2, 0) is 47.3 Å². The van der Waals surface area contributed by atoms with Crippen molar-refractivity contribution in [1.82, 2.24) is 20.2 Å². The summed E-state index contributed by atoms with van der Waals surface area (Å²) in [5.74, 6) is -2.19. The number of aromatic nitrogens is 2. The summed E-state index contributed by atoms with van der Waals surface area (Å²) < 4.78 is 17.9. The maximum absolute atomic E-state index is 13.7. The third-order valence-electron chi connectivity index (χ3n) is 7.19. The lowest BCUT2D eigenvalue weighted by molar-refractivity contribution is -0.189. The summed E-state index contributed by atoms with van der Waals surface area (Å²) in [6.07, 6.45) is -2.12. The van der Waals surface area contributed by atoms with Crippen molar-refractivity contribution in [1.29, 1.82) is 0 Å². The molecular formula is C30H32N4O8. The molecule has 4 heterocycles. The van der Waals surface area contributed by atoms with Crippen molar-refractivity contribution in [2.24, 2.45) is 0 Å². The van der Waals surface area contributed by atoms with E-state index in [1.165, 1.54) is 6.92 Å². The lowest BCUT2D eigenvalue weighted by Gasteiger charge is -2.35. The number of nitrogens with one attached hydrogen (secondary N) is 2. The van der Waals surface area contributed by atoms with Crippen LogP contribution >= 0.6 is 0 Å². The summed E-state index contributed by atoms with van der Waals surface area (Å²) in [5.41, 5.74) is 0.143. The Morgan fingerprint density at radius 2 is 1.90 bits per heavy atom. The number of carbonyl (C=O) groups excluding carboxylic acids is 4. The second-order valence-electron chi connectivity index (χ2n) is 11.3. The highest BCUT2D eigenvalue weighted by Gasteiger charge is 2.50. The number of para-hydroxylation sites is 1. The number of fused-ring (bicyclic) bond motifs is 5. The predicted molar refractivity (Wildman–Crippen MR) is 150 cm³/mol. The number of ether oxygens (including phenoxy) is 3. The average Bonchev–Trinajstić information content (AvgIpc) is 3.28. The lowest BCUT2D eigenvalue weighted by atomic mass is 9.85. The van der Waals surface area contributed by atoms with Crippen molar-refractivity contribution in [2.75, 3.05) is 6.54 Å². The molecule has 2 aliphatic rings. The van der Waals surface area contributed by atoms with Crippen molar-refractivity contribution >= 4 is 34.7 Å². The first-order valence-corrected chi connectivity index (χ1v) is 13.6. The number of carbonyl (C=O) groups is 4. The van der Waals surface area contributed by atoms with Gasteiger partial charge in [-0.15, -0.1) is 0 Å². The molecule has 220 valence electrons. The van der Waals surface area contributed by atoms with E-state index in [4.69, 9.17) is 19.2 Å². The zero-order valence-electron chi connectivity index (χ0n) is 24.0. The smallest absolute Gasteiger partial charge is 0.409 e. The molecule has 2 N–H and O–H groups in total. The summed E-state index contributed by atoms with van der Waals surface area (Å²) in [4.78, 5) is 69.0. The van der Waals surface area contributed by atoms with Gasteiger partial charge in [-0.2, -0.15) is 0 Å². The summed E-state index contributed by atoms with van der Waals surface area (Å²) in [7, 11) is 0. The van der Waals surface area contributed by atoms with Gasteiger partial charge in [0.2, 0.25) is 5.60 Å². The van der Waals surface area contributed by atoms with Crippen LogP contribution in [0.25, 0.3) is 22.3 Å². The second-order valence-corrected chi connectivity index (χ2v) is 11.3. The predicted octanol–water partition coefficient (Wildman–Crippen LogP) is 2.66. The summed E-state index contributed by atoms with van der Waals surface area (Å²) in [6, 6.07) is 11.3. The van der Waals surface area contributed by atoms with Gasteiger partial charge in [0.25, 0.3) is 5.56 Å². The molecule has 0 fully saturated rings. The van der Waals surface area contributed by atoms with Crippen LogP contribution in [0, 0.1) is 0 Å². The van der Waals surface area contributed by atoms with Gasteiger partial charge in [-0.25, -0.2) is 14.6 Å². The molecule has 0 saturated heterocycles. The number of pyridine rings is 2. The zero-order chi connectivity index (χ0) is 30.4. The Hall–Kier alpha value is -4.58. The highest BCUT2D eigenvalue weighted by atomic mass is 16.6. The first kappa shape index (κ1) is 28.9. The van der Waals surface area contributed by atoms with E-state index in [9.17, 15) is 24.0 Å². The van der Waals surface area contributed by atoms with Crippen LogP contribution in [0.5, 0.6) is 0 Å². The molecule has 1 amide bonds. The Balaban J connectivity index is 1.44. The largest absolute Gasteiger partial charge is 0.457 e. The van der Waals surface area contributed by atoms with E-state index in [1.54, 1.807) is 38.3 Å². The standard InChI is InChI=1S/C30H32N4O8/c1-6-30(41-23(36)13-31-25(16(2)35)33-28(39)42-29(3,4)5)20-12-22-24-18(11-17-9-7-8-10-21(17)32-24)14-34(22)26(37)19(20)15-40-27(30)38/h7-12,25,31H,6,13-15H2,1-5H3,(H,33,39)/t25-,30?/m0/s1. The molecule has 0 aliphatic carbocycles. The molecule has 1 unspecified atom stereocenters. The topological polar surface area (TPSA) is 155 Å². The number of nitrogens with zero attached hydrogens (tertiary/aromatic N) is 2. The first-order chi connectivity index (χ1) is 19.8. The van der Waals surface area contributed by atoms with Crippen LogP contribution in [0.4, 0.5) is 4.79 Å². The minimum atomic E-state index is -1.90. The minimum Gasteiger partial charge on any atom is -0.457 e. The molecule has 0 spiro atoms. The molecule has 5 rings (SSSR count). The Morgan fingerprint density at radius 3 is 2.60 bits per heavy atom. The molecule has 2 aliphatic heterocycles. The van der Waals surface area contributed by atoms with Gasteiger partial charge in [0.15, 0.2) is 5.78 Å². The highest BCUT2D eigenvalue weighted by Crippen LogP contribution is 2.40. The molecule has 12 heteroatoms. The fourth-order valence-electron chi connectivity index (χ4n) is 5.22. The number of hydrogen-bond donors (Lipinski definition) is 2. The van der Waals surface area contributed by atoms with Crippen LogP contribution in [0.15, 0.2) is 41.2 Å². The van der Waals surface area contributed by atoms with Crippen LogP contribution < -0.4 is 16.2 Å². The molecular weight excluding hydrogens is 544 g/mol. The number of hydrogen-bond acceptors (Lipinski definition) is 10. The van der Waals surface area contributed by atoms with Crippen LogP contribution in [0.1, 0.15) is 57.7 Å². The Bertz CT molecular complexity index is 1690. The van der Waals surface area contributed by atoms with Gasteiger partial charge >= 0.3 is 18.0 Å². The molecule has 3 aromatic rings. The molecule has 0 saturated carbocycles. The monoisotopic (exact) mass is 576 g/mol. The van der Waals surface area contributed by atoms with Crippen molar-refractivity contribution in [2.45, 2.75) is 71.6 Å². The normalized spacial score (nSPS) is 17.9. The van der Waals surface area contributed by atoms with Crippen molar-refractivity contribution in [3.8, 4) is 11.4 Å². The van der Waals surface area contributed by atoms with Gasteiger partial charge in [0.1, 0.15) is 18.4 Å². The third-order valence-corrected chi connectivity index (χ3v) is 7.19. The second kappa shape index (κ2) is 10.7. The van der Waals surface area contributed by atoms with E-state index in [0.717, 1.165) is 16.5 Å². The molecule has 2 aromatic heterocycles. The number of cyclic esters (lactones) is 1. The van der Waals surface area contributed by atoms with Crippen molar-refractivity contribution < 1.29 is 33.4 Å². The summed E-state index contributed by atoms with van der Waals surface area (Å²) in [5, 5.41) is 5.93. The van der Waals surface area contributed by atoms with Crippen LogP contribution in [0.2, 0.25) is 0 Å². The number of alkyl carbamates (subject to hydrolysis) is 1. The summed E-state index contributed by atoms with van der Waals surface area (Å²) >= 11 is 0. The van der Waals surface area contributed by atoms with Crippen LogP contribution in [-0.4, -0.2) is 51.7 Å². The third kappa shape index (κ3) is 5.25. The van der Waals surface area contributed by atoms with Crippen LogP contribution in [0.3, 0.4) is 0 Å². The SMILES string of the molecule is CCC1(OC(=O)CN[C@@H](NC(=O)OC(C)(C)C)C(C)=O)C(=O)OCc2c1cc1n(c2=O)Cc2cc3ccccc3nc2-1. The fourth-order valence-corrected chi connectivity index (χ4v) is 5.22. The van der Waals surface area contributed by atoms with E-state index < -0.39 is 47.7 Å². The Morgan fingerprint density at radius 1 is 1.17 bits per heavy atom. The first-order valence-electron chi connectivity index (χ1n) is 13.6. The number of Topliss-reactive ketones (excluding diaryl/α,β-unsaturated/α-hetero) is 1. The average molecular weight is 577 g/mol. The van der Waals surface area contributed by atoms with Crippen molar-refractivity contribution in [3.63, 3.8) is 0 Å². The molecule has 42 heavy (non-hydrogen) atoms. The van der Waals surface area contributed by atoms with E-state index >= 15 is 0 Å². The van der Waals surface area contributed by atoms with E-state index in [2.05, 4.69) is 10.6 Å². The van der Waals surface area contributed by atoms with Gasteiger partial charge < -0.3 is 18.8 Å². The number of benzene rings is 1. The number of esters is 2. The molecule has 1 aromatic carbocycles. The zero-order valence-corrected chi connectivity index (χ0v) is 24.0. The quantitative estimate of drug-likeness (QED) is 0.191. The molecule has 2 atom stereocenters. The number of ketones is 1. The Kier molecular flexibility index (Phi) is 7.35. The van der Waals surface area contributed by atoms with Gasteiger partial charge in [0, 0.05) is 16.5 Å². The maximum Gasteiger partial charge on any atom is 0.409 e. The Labute approximate surface area is 241 Å². The maximum atomic E-state index is 13.7.